The Hall–Kier alpha value is 1.11. The molecule has 0 saturated carbocycles. The zero-order valence-corrected chi connectivity index (χ0v) is 9.93. The van der Waals surface area contributed by atoms with Gasteiger partial charge in [-0.2, -0.15) is 0 Å². The first-order valence-electron chi connectivity index (χ1n) is 3.05. The Morgan fingerprint density at radius 2 is 1.00 bits per heavy atom. The maximum absolute atomic E-state index is 7.88. The van der Waals surface area contributed by atoms with Crippen molar-refractivity contribution in [1.29, 1.82) is 0 Å². The first-order chi connectivity index (χ1) is 3.83. The average molecular weight is 259 g/mol. The van der Waals surface area contributed by atoms with Gasteiger partial charge in [0.2, 0.25) is 0 Å². The Labute approximate surface area is 85.3 Å². The molecule has 0 atom stereocenters. The maximum atomic E-state index is 7.88. The van der Waals surface area contributed by atoms with Crippen molar-refractivity contribution >= 4 is 0 Å². The van der Waals surface area contributed by atoms with E-state index in [4.69, 9.17) is 10.2 Å². The van der Waals surface area contributed by atoms with E-state index < -0.39 is 0 Å². The van der Waals surface area contributed by atoms with Crippen molar-refractivity contribution in [3.05, 3.63) is 0 Å². The molecular weight excluding hydrogens is 243 g/mol. The van der Waals surface area contributed by atoms with Gasteiger partial charge < -0.3 is 10.2 Å². The zero-order chi connectivity index (χ0) is 6.83. The molecule has 0 aliphatic carbocycles. The van der Waals surface area contributed by atoms with Gasteiger partial charge in [-0.05, 0) is 12.8 Å². The second kappa shape index (κ2) is 22.9. The fourth-order valence-corrected chi connectivity index (χ4v) is 0. The topological polar surface area (TPSA) is 40.5 Å². The number of hydrogen-bond acceptors (Lipinski definition) is 2. The summed E-state index contributed by atoms with van der Waals surface area (Å²) in [7, 11) is 0. The van der Waals surface area contributed by atoms with Gasteiger partial charge in [0.25, 0.3) is 0 Å². The molecule has 3 heteroatoms. The number of rotatable bonds is 2. The molecule has 0 unspecified atom stereocenters. The summed E-state index contributed by atoms with van der Waals surface area (Å²) in [5, 5.41) is 15.8. The van der Waals surface area contributed by atoms with E-state index in [2.05, 4.69) is 0 Å². The van der Waals surface area contributed by atoms with Crippen LogP contribution in [0.1, 0.15) is 26.7 Å². The van der Waals surface area contributed by atoms with Gasteiger partial charge in [0.1, 0.15) is 0 Å². The van der Waals surface area contributed by atoms with Crippen molar-refractivity contribution in [1.82, 2.24) is 0 Å². The van der Waals surface area contributed by atoms with Crippen LogP contribution in [-0.2, 0) is 0 Å². The number of aliphatic hydroxyl groups is 2. The predicted octanol–water partition coefficient (Wildman–Crippen LogP) is 0.777. The SMILES string of the molecule is CCCO.CCCO.[La]. The minimum Gasteiger partial charge on any atom is -0.396 e. The molecule has 55 valence electrons. The Kier molecular flexibility index (Phi) is 42.3. The first-order valence-corrected chi connectivity index (χ1v) is 3.05. The van der Waals surface area contributed by atoms with E-state index in [1.165, 1.54) is 0 Å². The fraction of sp³-hybridized carbons (Fsp3) is 1.00. The van der Waals surface area contributed by atoms with Crippen LogP contribution >= 0.6 is 0 Å². The molecule has 0 bridgehead atoms. The number of hydrogen-bond donors (Lipinski definition) is 2. The fourth-order valence-electron chi connectivity index (χ4n) is 0. The van der Waals surface area contributed by atoms with Gasteiger partial charge in [0.05, 0.1) is 0 Å². The van der Waals surface area contributed by atoms with Crippen molar-refractivity contribution in [2.75, 3.05) is 13.2 Å². The molecule has 0 fully saturated rings. The predicted molar refractivity (Wildman–Crippen MR) is 34.8 cm³/mol. The molecule has 1 radical (unpaired) electrons. The molecular formula is C6H16LaO2. The summed E-state index contributed by atoms with van der Waals surface area (Å²) in [6.07, 6.45) is 1.75. The van der Waals surface area contributed by atoms with E-state index in [1.54, 1.807) is 0 Å². The largest absolute Gasteiger partial charge is 0.396 e. The third-order valence-electron chi connectivity index (χ3n) is 0.447. The summed E-state index contributed by atoms with van der Waals surface area (Å²) in [4.78, 5) is 0. The minimum atomic E-state index is 0. The van der Waals surface area contributed by atoms with Crippen molar-refractivity contribution in [3.63, 3.8) is 0 Å². The van der Waals surface area contributed by atoms with Crippen LogP contribution in [0.5, 0.6) is 0 Å². The third kappa shape index (κ3) is 47.6. The van der Waals surface area contributed by atoms with Gasteiger partial charge in [-0.3, -0.25) is 0 Å². The number of aliphatic hydroxyl groups excluding tert-OH is 2. The second-order valence-corrected chi connectivity index (χ2v) is 1.45. The molecule has 0 aromatic rings. The van der Waals surface area contributed by atoms with E-state index in [0.717, 1.165) is 12.8 Å². The van der Waals surface area contributed by atoms with Gasteiger partial charge in [-0.15, -0.1) is 0 Å². The zero-order valence-electron chi connectivity index (χ0n) is 6.30. The molecule has 9 heavy (non-hydrogen) atoms. The van der Waals surface area contributed by atoms with Crippen molar-refractivity contribution in [2.24, 2.45) is 0 Å². The molecule has 0 spiro atoms. The molecule has 2 N–H and O–H groups in total. The van der Waals surface area contributed by atoms with Crippen LogP contribution in [0, 0.1) is 35.6 Å². The van der Waals surface area contributed by atoms with Crippen LogP contribution in [-0.4, -0.2) is 23.4 Å². The van der Waals surface area contributed by atoms with Gasteiger partial charge in [-0.25, -0.2) is 0 Å². The minimum absolute atomic E-state index is 0. The van der Waals surface area contributed by atoms with Crippen molar-refractivity contribution in [3.8, 4) is 0 Å². The van der Waals surface area contributed by atoms with Crippen LogP contribution in [0.25, 0.3) is 0 Å². The Morgan fingerprint density at radius 3 is 1.00 bits per heavy atom. The van der Waals surface area contributed by atoms with Crippen molar-refractivity contribution in [2.45, 2.75) is 26.7 Å². The summed E-state index contributed by atoms with van der Waals surface area (Å²) < 4.78 is 0. The summed E-state index contributed by atoms with van der Waals surface area (Å²) in [6, 6.07) is 0. The summed E-state index contributed by atoms with van der Waals surface area (Å²) >= 11 is 0. The second-order valence-electron chi connectivity index (χ2n) is 1.45. The maximum Gasteiger partial charge on any atom is 0.0428 e. The smallest absolute Gasteiger partial charge is 0.0428 e. The van der Waals surface area contributed by atoms with Crippen LogP contribution in [0.15, 0.2) is 0 Å². The third-order valence-corrected chi connectivity index (χ3v) is 0.447. The van der Waals surface area contributed by atoms with Crippen molar-refractivity contribution < 1.29 is 45.8 Å². The normalized spacial score (nSPS) is 6.67. The molecule has 0 aliphatic heterocycles. The molecule has 0 rings (SSSR count). The van der Waals surface area contributed by atoms with Gasteiger partial charge in [0, 0.05) is 48.8 Å². The monoisotopic (exact) mass is 259 g/mol. The van der Waals surface area contributed by atoms with Crippen LogP contribution in [0.3, 0.4) is 0 Å². The van der Waals surface area contributed by atoms with Crippen LogP contribution in [0.4, 0.5) is 0 Å². The standard InChI is InChI=1S/2C3H8O.La/c2*1-2-3-4;/h2*4H,2-3H2,1H3;. The molecule has 0 aromatic carbocycles. The average Bonchev–Trinajstić information content (AvgIpc) is 1.88. The summed E-state index contributed by atoms with van der Waals surface area (Å²) in [5.74, 6) is 0. The Balaban J connectivity index is -0.0000000720. The quantitative estimate of drug-likeness (QED) is 0.769. The van der Waals surface area contributed by atoms with E-state index >= 15 is 0 Å². The summed E-state index contributed by atoms with van der Waals surface area (Å²) in [6.45, 7) is 4.50. The van der Waals surface area contributed by atoms with Gasteiger partial charge >= 0.3 is 0 Å². The molecule has 0 heterocycles. The Morgan fingerprint density at radius 1 is 0.889 bits per heavy atom. The van der Waals surface area contributed by atoms with Gasteiger partial charge in [0.15, 0.2) is 0 Å². The van der Waals surface area contributed by atoms with E-state index in [9.17, 15) is 0 Å². The molecule has 2 nitrogen and oxygen atoms in total. The first kappa shape index (κ1) is 16.6. The molecule has 0 amide bonds. The van der Waals surface area contributed by atoms with Crippen LogP contribution < -0.4 is 0 Å². The Bertz CT molecular complexity index is 19.0. The van der Waals surface area contributed by atoms with Gasteiger partial charge in [-0.1, -0.05) is 13.8 Å². The van der Waals surface area contributed by atoms with Crippen LogP contribution in [0.2, 0.25) is 0 Å². The molecule has 0 aliphatic rings. The molecule has 0 aromatic heterocycles. The van der Waals surface area contributed by atoms with E-state index in [0.29, 0.717) is 13.2 Å². The summed E-state index contributed by atoms with van der Waals surface area (Å²) in [5.41, 5.74) is 0. The molecule has 0 saturated heterocycles. The van der Waals surface area contributed by atoms with E-state index in [-0.39, 0.29) is 35.6 Å². The van der Waals surface area contributed by atoms with E-state index in [1.807, 2.05) is 13.8 Å².